The van der Waals surface area contributed by atoms with Crippen LogP contribution in [-0.2, 0) is 22.4 Å². The summed E-state index contributed by atoms with van der Waals surface area (Å²) in [5.41, 5.74) is 12.3. The highest BCUT2D eigenvalue weighted by Gasteiger charge is 2.17. The zero-order valence-corrected chi connectivity index (χ0v) is 9.74. The summed E-state index contributed by atoms with van der Waals surface area (Å²) >= 11 is 0. The number of hydrogen-bond acceptors (Lipinski definition) is 4. The maximum Gasteiger partial charge on any atom is 0.320 e. The van der Waals surface area contributed by atoms with E-state index in [1.807, 2.05) is 0 Å². The molecule has 1 rings (SSSR count). The molecule has 0 aromatic heterocycles. The first-order chi connectivity index (χ1) is 8.41. The molecular weight excluding hydrogens is 236 g/mol. The Bertz CT molecular complexity index is 406. The second-order valence-corrected chi connectivity index (χ2v) is 4.07. The average Bonchev–Trinajstić information content (AvgIpc) is 2.31. The van der Waals surface area contributed by atoms with Crippen LogP contribution in [0.4, 0.5) is 0 Å². The topological polar surface area (TPSA) is 127 Å². The van der Waals surface area contributed by atoms with Crippen LogP contribution in [0.1, 0.15) is 11.1 Å². The summed E-state index contributed by atoms with van der Waals surface area (Å²) in [4.78, 5) is 21.4. The number of hydrogen-bond donors (Lipinski definition) is 4. The van der Waals surface area contributed by atoms with E-state index >= 15 is 0 Å². The third-order valence-electron chi connectivity index (χ3n) is 2.63. The van der Waals surface area contributed by atoms with Crippen molar-refractivity contribution >= 4 is 11.9 Å². The summed E-state index contributed by atoms with van der Waals surface area (Å²) in [6.45, 7) is 0. The lowest BCUT2D eigenvalue weighted by Crippen LogP contribution is -2.34. The molecule has 0 spiro atoms. The smallest absolute Gasteiger partial charge is 0.320 e. The first-order valence-corrected chi connectivity index (χ1v) is 5.45. The summed E-state index contributed by atoms with van der Waals surface area (Å²) in [6, 6.07) is 4.94. The summed E-state index contributed by atoms with van der Waals surface area (Å²) in [6.07, 6.45) is 0.301. The Morgan fingerprint density at radius 3 is 1.56 bits per heavy atom. The lowest BCUT2D eigenvalue weighted by molar-refractivity contribution is -0.139. The van der Waals surface area contributed by atoms with Crippen LogP contribution in [-0.4, -0.2) is 34.2 Å². The summed E-state index contributed by atoms with van der Waals surface area (Å²) in [5.74, 6) is -2.18. The van der Waals surface area contributed by atoms with Crippen LogP contribution in [0.25, 0.3) is 0 Å². The van der Waals surface area contributed by atoms with Gasteiger partial charge >= 0.3 is 11.9 Å². The second-order valence-electron chi connectivity index (χ2n) is 4.07. The van der Waals surface area contributed by atoms with E-state index in [0.717, 1.165) is 0 Å². The Hall–Kier alpha value is -1.92. The Balaban J connectivity index is 2.86. The van der Waals surface area contributed by atoms with E-state index in [4.69, 9.17) is 21.7 Å². The molecule has 0 aliphatic rings. The largest absolute Gasteiger partial charge is 0.480 e. The zero-order chi connectivity index (χ0) is 13.7. The van der Waals surface area contributed by atoms with Gasteiger partial charge in [0.2, 0.25) is 0 Å². The Morgan fingerprint density at radius 1 is 0.944 bits per heavy atom. The molecule has 0 heterocycles. The number of nitrogens with two attached hydrogens (primary N) is 2. The minimum absolute atomic E-state index is 0.151. The van der Waals surface area contributed by atoms with E-state index in [1.54, 1.807) is 24.3 Å². The highest BCUT2D eigenvalue weighted by molar-refractivity contribution is 5.74. The van der Waals surface area contributed by atoms with Gasteiger partial charge in [0.25, 0.3) is 0 Å². The van der Waals surface area contributed by atoms with Crippen LogP contribution in [0.2, 0.25) is 0 Å². The van der Waals surface area contributed by atoms with Gasteiger partial charge in [-0.25, -0.2) is 0 Å². The van der Waals surface area contributed by atoms with E-state index < -0.39 is 24.0 Å². The number of rotatable bonds is 6. The molecule has 0 aliphatic carbocycles. The molecule has 0 saturated heterocycles. The molecule has 0 bridgehead atoms. The first-order valence-electron chi connectivity index (χ1n) is 5.45. The fourth-order valence-corrected chi connectivity index (χ4v) is 1.60. The maximum atomic E-state index is 10.7. The fraction of sp³-hybridized carbons (Fsp3) is 0.333. The number of carbonyl (C=O) groups is 2. The Morgan fingerprint density at radius 2 is 1.28 bits per heavy atom. The SMILES string of the molecule is NC(Cc1ccccc1CC(N)C(=O)O)C(=O)O. The van der Waals surface area contributed by atoms with Crippen LogP contribution >= 0.6 is 0 Å². The van der Waals surface area contributed by atoms with Crippen molar-refractivity contribution in [2.75, 3.05) is 0 Å². The van der Waals surface area contributed by atoms with Crippen LogP contribution in [0.15, 0.2) is 24.3 Å². The first kappa shape index (κ1) is 14.1. The predicted molar refractivity (Wildman–Crippen MR) is 65.1 cm³/mol. The van der Waals surface area contributed by atoms with Crippen LogP contribution in [0.3, 0.4) is 0 Å². The molecule has 1 aromatic rings. The van der Waals surface area contributed by atoms with Gasteiger partial charge in [-0.15, -0.1) is 0 Å². The van der Waals surface area contributed by atoms with Gasteiger partial charge < -0.3 is 21.7 Å². The van der Waals surface area contributed by atoms with E-state index in [2.05, 4.69) is 0 Å². The van der Waals surface area contributed by atoms with E-state index in [0.29, 0.717) is 11.1 Å². The predicted octanol–water partition coefficient (Wildman–Crippen LogP) is -0.405. The third-order valence-corrected chi connectivity index (χ3v) is 2.63. The van der Waals surface area contributed by atoms with Crippen molar-refractivity contribution in [3.8, 4) is 0 Å². The standard InChI is InChI=1S/C12H16N2O4/c13-9(11(15)16)5-7-3-1-2-4-8(7)6-10(14)12(17)18/h1-4,9-10H,5-6,13-14H2,(H,15,16)(H,17,18). The van der Waals surface area contributed by atoms with Gasteiger partial charge in [0.1, 0.15) is 12.1 Å². The van der Waals surface area contributed by atoms with Gasteiger partial charge in [-0.2, -0.15) is 0 Å². The fourth-order valence-electron chi connectivity index (χ4n) is 1.60. The highest BCUT2D eigenvalue weighted by atomic mass is 16.4. The molecule has 6 heteroatoms. The Kier molecular flexibility index (Phi) is 4.82. The molecule has 6 N–H and O–H groups in total. The van der Waals surface area contributed by atoms with Crippen molar-refractivity contribution in [3.63, 3.8) is 0 Å². The molecule has 18 heavy (non-hydrogen) atoms. The van der Waals surface area contributed by atoms with Crippen molar-refractivity contribution in [3.05, 3.63) is 35.4 Å². The van der Waals surface area contributed by atoms with Crippen LogP contribution in [0, 0.1) is 0 Å². The van der Waals surface area contributed by atoms with Crippen molar-refractivity contribution in [2.45, 2.75) is 24.9 Å². The van der Waals surface area contributed by atoms with Gasteiger partial charge in [0.15, 0.2) is 0 Å². The van der Waals surface area contributed by atoms with Gasteiger partial charge in [0.05, 0.1) is 0 Å². The molecule has 2 unspecified atom stereocenters. The highest BCUT2D eigenvalue weighted by Crippen LogP contribution is 2.13. The minimum atomic E-state index is -1.09. The maximum absolute atomic E-state index is 10.7. The van der Waals surface area contributed by atoms with E-state index in [9.17, 15) is 9.59 Å². The number of carboxylic acid groups (broad SMARTS) is 2. The molecule has 0 saturated carbocycles. The molecule has 0 fully saturated rings. The minimum Gasteiger partial charge on any atom is -0.480 e. The molecule has 98 valence electrons. The lowest BCUT2D eigenvalue weighted by atomic mass is 9.96. The number of aliphatic carboxylic acids is 2. The Labute approximate surface area is 104 Å². The molecule has 0 amide bonds. The molecule has 6 nitrogen and oxygen atoms in total. The van der Waals surface area contributed by atoms with E-state index in [-0.39, 0.29) is 12.8 Å². The molecule has 1 aromatic carbocycles. The summed E-state index contributed by atoms with van der Waals surface area (Å²) in [5, 5.41) is 17.5. The molecule has 0 aliphatic heterocycles. The van der Waals surface area contributed by atoms with Crippen molar-refractivity contribution in [2.24, 2.45) is 11.5 Å². The van der Waals surface area contributed by atoms with Gasteiger partial charge in [-0.05, 0) is 24.0 Å². The van der Waals surface area contributed by atoms with E-state index in [1.165, 1.54) is 0 Å². The van der Waals surface area contributed by atoms with Crippen LogP contribution in [0.5, 0.6) is 0 Å². The normalized spacial score (nSPS) is 13.9. The lowest BCUT2D eigenvalue weighted by Gasteiger charge is -2.13. The quantitative estimate of drug-likeness (QED) is 0.545. The van der Waals surface area contributed by atoms with Gasteiger partial charge in [0, 0.05) is 0 Å². The van der Waals surface area contributed by atoms with Gasteiger partial charge in [-0.1, -0.05) is 24.3 Å². The summed E-state index contributed by atoms with van der Waals surface area (Å²) in [7, 11) is 0. The number of carboxylic acids is 2. The molecule has 0 radical (unpaired) electrons. The second kappa shape index (κ2) is 6.13. The van der Waals surface area contributed by atoms with Crippen molar-refractivity contribution < 1.29 is 19.8 Å². The zero-order valence-electron chi connectivity index (χ0n) is 9.74. The monoisotopic (exact) mass is 252 g/mol. The summed E-state index contributed by atoms with van der Waals surface area (Å²) < 4.78 is 0. The number of benzene rings is 1. The molecular formula is C12H16N2O4. The van der Waals surface area contributed by atoms with Crippen molar-refractivity contribution in [1.82, 2.24) is 0 Å². The average molecular weight is 252 g/mol. The van der Waals surface area contributed by atoms with Crippen LogP contribution < -0.4 is 11.5 Å². The third kappa shape index (κ3) is 3.83. The van der Waals surface area contributed by atoms with Gasteiger partial charge in [-0.3, -0.25) is 9.59 Å². The molecule has 2 atom stereocenters. The van der Waals surface area contributed by atoms with Crippen molar-refractivity contribution in [1.29, 1.82) is 0 Å².